The van der Waals surface area contributed by atoms with Crippen molar-refractivity contribution < 1.29 is 9.59 Å². The van der Waals surface area contributed by atoms with Gasteiger partial charge in [-0.15, -0.1) is 0 Å². The Morgan fingerprint density at radius 2 is 1.83 bits per heavy atom. The number of hydrogen-bond acceptors (Lipinski definition) is 4. The highest BCUT2D eigenvalue weighted by Gasteiger charge is 2.21. The number of nitrogens with zero attached hydrogens (tertiary/aromatic N) is 2. The van der Waals surface area contributed by atoms with Crippen LogP contribution in [0.4, 0.5) is 11.4 Å². The number of rotatable bonds is 5. The van der Waals surface area contributed by atoms with Crippen LogP contribution >= 0.6 is 0 Å². The molecular formula is C23H30N4O2. The molecule has 0 aliphatic carbocycles. The summed E-state index contributed by atoms with van der Waals surface area (Å²) in [5.41, 5.74) is 5.46. The highest BCUT2D eigenvalue weighted by Crippen LogP contribution is 2.29. The van der Waals surface area contributed by atoms with Crippen LogP contribution in [-0.4, -0.2) is 50.9 Å². The van der Waals surface area contributed by atoms with Crippen LogP contribution in [0.25, 0.3) is 0 Å². The van der Waals surface area contributed by atoms with E-state index in [9.17, 15) is 9.59 Å². The fraction of sp³-hybridized carbons (Fsp3) is 0.391. The molecule has 0 radical (unpaired) electrons. The summed E-state index contributed by atoms with van der Waals surface area (Å²) in [6.45, 7) is 3.41. The van der Waals surface area contributed by atoms with Crippen LogP contribution < -0.4 is 15.5 Å². The first-order chi connectivity index (χ1) is 13.8. The molecule has 3 rings (SSSR count). The van der Waals surface area contributed by atoms with Gasteiger partial charge in [0.2, 0.25) is 0 Å². The van der Waals surface area contributed by atoms with Gasteiger partial charge in [0.1, 0.15) is 0 Å². The summed E-state index contributed by atoms with van der Waals surface area (Å²) in [5, 5.41) is 5.42. The number of carbonyl (C=O) groups excluding carboxylic acids is 2. The van der Waals surface area contributed by atoms with Crippen molar-refractivity contribution in [2.45, 2.75) is 25.8 Å². The number of likely N-dealkylation sites (N-methyl/N-ethyl adjacent to an activating group) is 1. The van der Waals surface area contributed by atoms with Crippen molar-refractivity contribution >= 4 is 23.2 Å². The smallest absolute Gasteiger partial charge is 0.313 e. The fourth-order valence-electron chi connectivity index (χ4n) is 3.71. The molecule has 1 heterocycles. The standard InChI is InChI=1S/C23H30N4O2/c1-16-7-10-19(11-8-16)25-23(29)22(28)24-15-21(26(2)3)18-9-12-20-17(14-18)6-5-13-27(20)4/h7-12,14,21H,5-6,13,15H2,1-4H3,(H,24,28)(H,25,29)/t21-/m1/s1. The molecule has 154 valence electrons. The SMILES string of the molecule is Cc1ccc(NC(=O)C(=O)NC[C@H](c2ccc3c(c2)CCCN3C)N(C)C)cc1. The number of aryl methyl sites for hydroxylation is 2. The second-order valence-corrected chi connectivity index (χ2v) is 7.92. The maximum absolute atomic E-state index is 12.3. The quantitative estimate of drug-likeness (QED) is 0.766. The molecule has 1 aliphatic rings. The first-order valence-electron chi connectivity index (χ1n) is 10.0. The molecule has 6 heteroatoms. The van der Waals surface area contributed by atoms with Gasteiger partial charge in [0, 0.05) is 31.5 Å². The molecule has 0 spiro atoms. The predicted octanol–water partition coefficient (Wildman–Crippen LogP) is 2.74. The highest BCUT2D eigenvalue weighted by atomic mass is 16.2. The summed E-state index contributed by atoms with van der Waals surface area (Å²) in [6, 6.07) is 13.8. The van der Waals surface area contributed by atoms with Gasteiger partial charge < -0.3 is 20.4 Å². The summed E-state index contributed by atoms with van der Waals surface area (Å²) >= 11 is 0. The van der Waals surface area contributed by atoms with Crippen LogP contribution in [0.3, 0.4) is 0 Å². The number of anilines is 2. The molecule has 0 saturated heterocycles. The van der Waals surface area contributed by atoms with Crippen molar-refractivity contribution in [1.29, 1.82) is 0 Å². The summed E-state index contributed by atoms with van der Waals surface area (Å²) in [5.74, 6) is -1.28. The third kappa shape index (κ3) is 5.15. The van der Waals surface area contributed by atoms with Gasteiger partial charge >= 0.3 is 11.8 Å². The Hall–Kier alpha value is -2.86. The summed E-state index contributed by atoms with van der Waals surface area (Å²) in [7, 11) is 6.08. The van der Waals surface area contributed by atoms with Crippen molar-refractivity contribution in [3.8, 4) is 0 Å². The normalized spacial score (nSPS) is 14.3. The van der Waals surface area contributed by atoms with E-state index in [1.165, 1.54) is 11.3 Å². The number of hydrogen-bond donors (Lipinski definition) is 2. The third-order valence-electron chi connectivity index (χ3n) is 5.43. The van der Waals surface area contributed by atoms with E-state index in [-0.39, 0.29) is 6.04 Å². The van der Waals surface area contributed by atoms with Gasteiger partial charge in [-0.05, 0) is 63.2 Å². The Bertz CT molecular complexity index is 877. The second-order valence-electron chi connectivity index (χ2n) is 7.92. The fourth-order valence-corrected chi connectivity index (χ4v) is 3.71. The molecule has 2 aromatic rings. The molecule has 1 atom stereocenters. The van der Waals surface area contributed by atoms with Gasteiger partial charge in [0.05, 0.1) is 6.04 Å². The lowest BCUT2D eigenvalue weighted by atomic mass is 9.96. The number of benzene rings is 2. The average Bonchev–Trinajstić information content (AvgIpc) is 2.69. The first kappa shape index (κ1) is 20.9. The second kappa shape index (κ2) is 9.09. The topological polar surface area (TPSA) is 64.7 Å². The van der Waals surface area contributed by atoms with Gasteiger partial charge in [-0.3, -0.25) is 9.59 Å². The predicted molar refractivity (Wildman–Crippen MR) is 117 cm³/mol. The zero-order valence-electron chi connectivity index (χ0n) is 17.7. The van der Waals surface area contributed by atoms with Gasteiger partial charge in [-0.1, -0.05) is 29.8 Å². The maximum Gasteiger partial charge on any atom is 0.313 e. The number of nitrogens with one attached hydrogen (secondary N) is 2. The van der Waals surface area contributed by atoms with Crippen molar-refractivity contribution in [2.75, 3.05) is 44.4 Å². The van der Waals surface area contributed by atoms with Crippen molar-refractivity contribution in [2.24, 2.45) is 0 Å². The third-order valence-corrected chi connectivity index (χ3v) is 5.43. The number of fused-ring (bicyclic) bond motifs is 1. The molecular weight excluding hydrogens is 364 g/mol. The van der Waals surface area contributed by atoms with Crippen LogP contribution in [-0.2, 0) is 16.0 Å². The molecule has 29 heavy (non-hydrogen) atoms. The molecule has 2 amide bonds. The maximum atomic E-state index is 12.3. The highest BCUT2D eigenvalue weighted by molar-refractivity contribution is 6.39. The Morgan fingerprint density at radius 1 is 1.10 bits per heavy atom. The number of carbonyl (C=O) groups is 2. The lowest BCUT2D eigenvalue weighted by molar-refractivity contribution is -0.136. The van der Waals surface area contributed by atoms with Crippen molar-refractivity contribution in [3.05, 3.63) is 59.2 Å². The summed E-state index contributed by atoms with van der Waals surface area (Å²) in [6.07, 6.45) is 2.22. The van der Waals surface area contributed by atoms with Crippen molar-refractivity contribution in [3.63, 3.8) is 0 Å². The summed E-state index contributed by atoms with van der Waals surface area (Å²) in [4.78, 5) is 28.8. The Kier molecular flexibility index (Phi) is 6.54. The average molecular weight is 395 g/mol. The molecule has 2 N–H and O–H groups in total. The van der Waals surface area contributed by atoms with Crippen LogP contribution in [0.5, 0.6) is 0 Å². The zero-order chi connectivity index (χ0) is 21.0. The molecule has 6 nitrogen and oxygen atoms in total. The monoisotopic (exact) mass is 394 g/mol. The van der Waals surface area contributed by atoms with Gasteiger partial charge in [0.25, 0.3) is 0 Å². The van der Waals surface area contributed by atoms with E-state index in [1.807, 2.05) is 33.2 Å². The van der Waals surface area contributed by atoms with Crippen LogP contribution in [0.15, 0.2) is 42.5 Å². The Labute approximate surface area is 172 Å². The van der Waals surface area contributed by atoms with Gasteiger partial charge in [0.15, 0.2) is 0 Å². The lowest BCUT2D eigenvalue weighted by Gasteiger charge is -2.30. The Morgan fingerprint density at radius 3 is 2.52 bits per heavy atom. The largest absolute Gasteiger partial charge is 0.374 e. The zero-order valence-corrected chi connectivity index (χ0v) is 17.7. The van der Waals surface area contributed by atoms with E-state index >= 15 is 0 Å². The molecule has 0 unspecified atom stereocenters. The van der Waals surface area contributed by atoms with E-state index in [4.69, 9.17) is 0 Å². The van der Waals surface area contributed by atoms with Gasteiger partial charge in [-0.2, -0.15) is 0 Å². The minimum atomic E-state index is -0.654. The van der Waals surface area contributed by atoms with Crippen LogP contribution in [0, 0.1) is 6.92 Å². The lowest BCUT2D eigenvalue weighted by Crippen LogP contribution is -2.40. The molecule has 0 saturated carbocycles. The van der Waals surface area contributed by atoms with E-state index in [0.29, 0.717) is 12.2 Å². The van der Waals surface area contributed by atoms with Gasteiger partial charge in [-0.25, -0.2) is 0 Å². The molecule has 2 aromatic carbocycles. The van der Waals surface area contributed by atoms with E-state index < -0.39 is 11.8 Å². The molecule has 1 aliphatic heterocycles. The van der Waals surface area contributed by atoms with E-state index in [2.05, 4.69) is 45.7 Å². The first-order valence-corrected chi connectivity index (χ1v) is 10.0. The summed E-state index contributed by atoms with van der Waals surface area (Å²) < 4.78 is 0. The van der Waals surface area contributed by atoms with E-state index in [0.717, 1.165) is 30.5 Å². The van der Waals surface area contributed by atoms with Crippen LogP contribution in [0.1, 0.15) is 29.2 Å². The minimum Gasteiger partial charge on any atom is -0.374 e. The van der Waals surface area contributed by atoms with Crippen LogP contribution in [0.2, 0.25) is 0 Å². The molecule has 0 bridgehead atoms. The minimum absolute atomic E-state index is 0.0105. The van der Waals surface area contributed by atoms with Crippen molar-refractivity contribution in [1.82, 2.24) is 10.2 Å². The molecule has 0 fully saturated rings. The Balaban J connectivity index is 1.64. The number of amides is 2. The van der Waals surface area contributed by atoms with E-state index in [1.54, 1.807) is 12.1 Å². The molecule has 0 aromatic heterocycles.